The maximum atomic E-state index is 12.2. The van der Waals surface area contributed by atoms with Gasteiger partial charge in [0.25, 0.3) is 0 Å². The fourth-order valence-corrected chi connectivity index (χ4v) is 2.64. The van der Waals surface area contributed by atoms with Crippen LogP contribution in [0, 0.1) is 18.8 Å². The van der Waals surface area contributed by atoms with Gasteiger partial charge < -0.3 is 15.4 Å². The minimum Gasteiger partial charge on any atom is -0.497 e. The van der Waals surface area contributed by atoms with Crippen molar-refractivity contribution < 1.29 is 14.3 Å². The van der Waals surface area contributed by atoms with E-state index in [0.29, 0.717) is 12.1 Å². The van der Waals surface area contributed by atoms with E-state index in [1.54, 1.807) is 31.4 Å². The first-order valence-electron chi connectivity index (χ1n) is 7.89. The normalized spacial score (nSPS) is 18.6. The number of carbonyl (C=O) groups is 2. The topological polar surface area (TPSA) is 67.4 Å². The zero-order valence-electron chi connectivity index (χ0n) is 13.7. The van der Waals surface area contributed by atoms with Gasteiger partial charge in [-0.05, 0) is 55.3 Å². The van der Waals surface area contributed by atoms with Gasteiger partial charge in [-0.15, -0.1) is 0 Å². The third kappa shape index (κ3) is 3.74. The lowest BCUT2D eigenvalue weighted by atomic mass is 10.2. The number of methoxy groups -OCH3 is 1. The summed E-state index contributed by atoms with van der Waals surface area (Å²) in [7, 11) is 1.59. The van der Waals surface area contributed by atoms with Crippen LogP contribution in [-0.2, 0) is 9.59 Å². The van der Waals surface area contributed by atoms with Gasteiger partial charge in [0.2, 0.25) is 11.8 Å². The minimum absolute atomic E-state index is 0.101. The number of benzene rings is 2. The molecule has 2 amide bonds. The highest BCUT2D eigenvalue weighted by atomic mass is 16.5. The Morgan fingerprint density at radius 3 is 2.17 bits per heavy atom. The first-order chi connectivity index (χ1) is 11.6. The molecule has 1 fully saturated rings. The van der Waals surface area contributed by atoms with Crippen molar-refractivity contribution in [3.8, 4) is 5.75 Å². The molecule has 124 valence electrons. The zero-order valence-corrected chi connectivity index (χ0v) is 13.7. The molecular weight excluding hydrogens is 304 g/mol. The summed E-state index contributed by atoms with van der Waals surface area (Å²) < 4.78 is 5.08. The quantitative estimate of drug-likeness (QED) is 0.887. The maximum absolute atomic E-state index is 12.2. The van der Waals surface area contributed by atoms with E-state index in [1.165, 1.54) is 0 Å². The first kappa shape index (κ1) is 16.1. The van der Waals surface area contributed by atoms with E-state index in [2.05, 4.69) is 10.6 Å². The Morgan fingerprint density at radius 2 is 1.58 bits per heavy atom. The number of nitrogens with one attached hydrogen (secondary N) is 2. The number of hydrogen-bond donors (Lipinski definition) is 2. The lowest BCUT2D eigenvalue weighted by molar-refractivity contribution is -0.122. The third-order valence-corrected chi connectivity index (χ3v) is 4.11. The fraction of sp³-hybridized carbons (Fsp3) is 0.263. The SMILES string of the molecule is COc1ccc(NC(=O)C2CC2C(=O)Nc2cccc(C)c2)cc1. The van der Waals surface area contributed by atoms with E-state index in [9.17, 15) is 9.59 Å². The maximum Gasteiger partial charge on any atom is 0.228 e. The Balaban J connectivity index is 1.53. The molecule has 3 rings (SSSR count). The van der Waals surface area contributed by atoms with E-state index >= 15 is 0 Å². The summed E-state index contributed by atoms with van der Waals surface area (Å²) in [6, 6.07) is 14.7. The van der Waals surface area contributed by atoms with Gasteiger partial charge in [0.15, 0.2) is 0 Å². The number of ether oxygens (including phenoxy) is 1. The molecule has 2 unspecified atom stereocenters. The van der Waals surface area contributed by atoms with Gasteiger partial charge in [-0.1, -0.05) is 12.1 Å². The number of hydrogen-bond acceptors (Lipinski definition) is 3. The minimum atomic E-state index is -0.267. The molecule has 0 bridgehead atoms. The lowest BCUT2D eigenvalue weighted by Crippen LogP contribution is -2.20. The first-order valence-corrected chi connectivity index (χ1v) is 7.89. The summed E-state index contributed by atoms with van der Waals surface area (Å²) in [6.07, 6.45) is 0.583. The van der Waals surface area contributed by atoms with Crippen molar-refractivity contribution in [2.24, 2.45) is 11.8 Å². The Labute approximate surface area is 141 Å². The van der Waals surface area contributed by atoms with Crippen LogP contribution in [0.25, 0.3) is 0 Å². The average molecular weight is 324 g/mol. The number of rotatable bonds is 5. The highest BCUT2D eigenvalue weighted by Crippen LogP contribution is 2.40. The highest BCUT2D eigenvalue weighted by Gasteiger charge is 2.48. The molecular formula is C19H20N2O3. The summed E-state index contributed by atoms with van der Waals surface area (Å²) >= 11 is 0. The second-order valence-corrected chi connectivity index (χ2v) is 6.03. The molecule has 2 aromatic carbocycles. The van der Waals surface area contributed by atoms with E-state index in [0.717, 1.165) is 17.0 Å². The summed E-state index contributed by atoms with van der Waals surface area (Å²) in [6.45, 7) is 1.97. The van der Waals surface area contributed by atoms with E-state index in [-0.39, 0.29) is 23.7 Å². The van der Waals surface area contributed by atoms with Crippen LogP contribution in [0.15, 0.2) is 48.5 Å². The second kappa shape index (κ2) is 6.74. The molecule has 2 atom stereocenters. The summed E-state index contributed by atoms with van der Waals surface area (Å²) in [5, 5.41) is 5.71. The Hall–Kier alpha value is -2.82. The molecule has 0 saturated heterocycles. The molecule has 2 N–H and O–H groups in total. The van der Waals surface area contributed by atoms with E-state index < -0.39 is 0 Å². The van der Waals surface area contributed by atoms with Crippen molar-refractivity contribution in [3.05, 3.63) is 54.1 Å². The standard InChI is InChI=1S/C19H20N2O3/c1-12-4-3-5-14(10-12)21-19(23)17-11-16(17)18(22)20-13-6-8-15(24-2)9-7-13/h3-10,16-17H,11H2,1-2H3,(H,20,22)(H,21,23). The van der Waals surface area contributed by atoms with Gasteiger partial charge >= 0.3 is 0 Å². The fourth-order valence-electron chi connectivity index (χ4n) is 2.64. The number of anilines is 2. The molecule has 0 aromatic heterocycles. The molecule has 1 saturated carbocycles. The van der Waals surface area contributed by atoms with E-state index in [1.807, 2.05) is 31.2 Å². The van der Waals surface area contributed by atoms with Gasteiger partial charge in [-0.3, -0.25) is 9.59 Å². The van der Waals surface area contributed by atoms with Crippen LogP contribution in [0.4, 0.5) is 11.4 Å². The monoisotopic (exact) mass is 324 g/mol. The van der Waals surface area contributed by atoms with Crippen molar-refractivity contribution in [1.29, 1.82) is 0 Å². The van der Waals surface area contributed by atoms with Gasteiger partial charge in [0, 0.05) is 11.4 Å². The molecule has 0 spiro atoms. The molecule has 24 heavy (non-hydrogen) atoms. The van der Waals surface area contributed by atoms with Crippen LogP contribution in [0.3, 0.4) is 0 Å². The predicted molar refractivity (Wildman–Crippen MR) is 93.0 cm³/mol. The molecule has 5 heteroatoms. The Kier molecular flexibility index (Phi) is 4.51. The van der Waals surface area contributed by atoms with Crippen LogP contribution >= 0.6 is 0 Å². The molecule has 5 nitrogen and oxygen atoms in total. The Bertz CT molecular complexity index is 755. The second-order valence-electron chi connectivity index (χ2n) is 6.03. The van der Waals surface area contributed by atoms with Crippen molar-refractivity contribution in [2.45, 2.75) is 13.3 Å². The Morgan fingerprint density at radius 1 is 0.958 bits per heavy atom. The molecule has 0 radical (unpaired) electrons. The van der Waals surface area contributed by atoms with Crippen LogP contribution in [-0.4, -0.2) is 18.9 Å². The largest absolute Gasteiger partial charge is 0.497 e. The van der Waals surface area contributed by atoms with Crippen molar-refractivity contribution >= 4 is 23.2 Å². The highest BCUT2D eigenvalue weighted by molar-refractivity contribution is 6.03. The molecule has 1 aliphatic carbocycles. The van der Waals surface area contributed by atoms with Crippen LogP contribution in [0.2, 0.25) is 0 Å². The zero-order chi connectivity index (χ0) is 17.1. The van der Waals surface area contributed by atoms with Gasteiger partial charge in [-0.2, -0.15) is 0 Å². The lowest BCUT2D eigenvalue weighted by Gasteiger charge is -2.07. The predicted octanol–water partition coefficient (Wildman–Crippen LogP) is 3.22. The molecule has 0 heterocycles. The number of carbonyl (C=O) groups excluding carboxylic acids is 2. The average Bonchev–Trinajstić information content (AvgIpc) is 3.36. The number of amides is 2. The van der Waals surface area contributed by atoms with Crippen LogP contribution < -0.4 is 15.4 Å². The van der Waals surface area contributed by atoms with Crippen molar-refractivity contribution in [1.82, 2.24) is 0 Å². The van der Waals surface area contributed by atoms with E-state index in [4.69, 9.17) is 4.74 Å². The molecule has 2 aromatic rings. The van der Waals surface area contributed by atoms with Gasteiger partial charge in [0.1, 0.15) is 5.75 Å². The van der Waals surface area contributed by atoms with Crippen molar-refractivity contribution in [3.63, 3.8) is 0 Å². The van der Waals surface area contributed by atoms with Crippen LogP contribution in [0.5, 0.6) is 5.75 Å². The summed E-state index contributed by atoms with van der Waals surface area (Å²) in [5.41, 5.74) is 2.55. The van der Waals surface area contributed by atoms with Crippen LogP contribution in [0.1, 0.15) is 12.0 Å². The van der Waals surface area contributed by atoms with Gasteiger partial charge in [-0.25, -0.2) is 0 Å². The van der Waals surface area contributed by atoms with Crippen molar-refractivity contribution in [2.75, 3.05) is 17.7 Å². The van der Waals surface area contributed by atoms with Gasteiger partial charge in [0.05, 0.1) is 18.9 Å². The summed E-state index contributed by atoms with van der Waals surface area (Å²) in [4.78, 5) is 24.5. The number of aryl methyl sites for hydroxylation is 1. The third-order valence-electron chi connectivity index (χ3n) is 4.11. The molecule has 0 aliphatic heterocycles. The smallest absolute Gasteiger partial charge is 0.228 e. The summed E-state index contributed by atoms with van der Waals surface area (Å²) in [5.74, 6) is -0.0180. The molecule has 1 aliphatic rings.